The minimum absolute atomic E-state index is 0.0507. The zero-order chi connectivity index (χ0) is 24.1. The Bertz CT molecular complexity index is 1160. The number of nitrogens with zero attached hydrogens (tertiary/aromatic N) is 2. The molecule has 12 heteroatoms. The van der Waals surface area contributed by atoms with Gasteiger partial charge in [0.05, 0.1) is 23.4 Å². The summed E-state index contributed by atoms with van der Waals surface area (Å²) in [7, 11) is 1.45. The number of rotatable bonds is 6. The molecule has 1 aromatic heterocycles. The van der Waals surface area contributed by atoms with Crippen LogP contribution in [0, 0.1) is 17.5 Å². The summed E-state index contributed by atoms with van der Waals surface area (Å²) in [6.07, 6.45) is 0.983. The summed E-state index contributed by atoms with van der Waals surface area (Å²) in [6.45, 7) is 1.37. The van der Waals surface area contributed by atoms with Crippen molar-refractivity contribution in [1.29, 1.82) is 0 Å². The molecule has 8 nitrogen and oxygen atoms in total. The zero-order valence-corrected chi connectivity index (χ0v) is 18.3. The van der Waals surface area contributed by atoms with Gasteiger partial charge in [-0.05, 0) is 17.7 Å². The minimum atomic E-state index is -1.09. The lowest BCUT2D eigenvalue weighted by atomic mass is 9.93. The zero-order valence-electron chi connectivity index (χ0n) is 17.5. The number of aromatic nitrogens is 1. The van der Waals surface area contributed by atoms with E-state index in [1.165, 1.54) is 26.2 Å². The Hall–Kier alpha value is -3.44. The second-order valence-corrected chi connectivity index (χ2v) is 7.34. The topological polar surface area (TPSA) is 105 Å². The number of methoxy groups -OCH3 is 1. The maximum absolute atomic E-state index is 14.5. The van der Waals surface area contributed by atoms with Crippen LogP contribution in [0.3, 0.4) is 0 Å². The van der Waals surface area contributed by atoms with Crippen LogP contribution in [0.5, 0.6) is 0 Å². The number of amidine groups is 1. The number of carbonyl (C=O) groups is 2. The lowest BCUT2D eigenvalue weighted by Gasteiger charge is -2.28. The molecule has 1 aliphatic rings. The Morgan fingerprint density at radius 3 is 2.58 bits per heavy atom. The second kappa shape index (κ2) is 10.5. The summed E-state index contributed by atoms with van der Waals surface area (Å²) in [6, 6.07) is 3.30. The number of carbonyl (C=O) groups excluding carboxylic acids is 2. The van der Waals surface area contributed by atoms with Crippen LogP contribution in [0.15, 0.2) is 46.7 Å². The largest absolute Gasteiger partial charge is 0.384 e. The molecule has 0 saturated heterocycles. The highest BCUT2D eigenvalue weighted by atomic mass is 35.5. The number of nitrogens with one attached hydrogen (secondary N) is 3. The van der Waals surface area contributed by atoms with Crippen molar-refractivity contribution in [1.82, 2.24) is 21.2 Å². The highest BCUT2D eigenvalue weighted by molar-refractivity contribution is 6.30. The van der Waals surface area contributed by atoms with Crippen LogP contribution in [-0.4, -0.2) is 36.4 Å². The van der Waals surface area contributed by atoms with Crippen molar-refractivity contribution in [2.24, 2.45) is 4.99 Å². The molecule has 0 radical (unpaired) electrons. The number of amides is 2. The predicted octanol–water partition coefficient (Wildman–Crippen LogP) is 2.70. The molecule has 2 amide bonds. The highest BCUT2D eigenvalue weighted by Gasteiger charge is 2.32. The third-order valence-corrected chi connectivity index (χ3v) is 4.86. The van der Waals surface area contributed by atoms with Crippen molar-refractivity contribution in [2.75, 3.05) is 13.7 Å². The first-order valence-corrected chi connectivity index (χ1v) is 9.99. The quantitative estimate of drug-likeness (QED) is 0.550. The fourth-order valence-corrected chi connectivity index (χ4v) is 3.30. The van der Waals surface area contributed by atoms with E-state index in [0.717, 1.165) is 12.3 Å². The second-order valence-electron chi connectivity index (χ2n) is 6.93. The molecule has 1 atom stereocenters. The average molecular weight is 482 g/mol. The van der Waals surface area contributed by atoms with E-state index < -0.39 is 35.3 Å². The molecule has 0 spiro atoms. The van der Waals surface area contributed by atoms with Gasteiger partial charge < -0.3 is 10.1 Å². The third-order valence-electron chi connectivity index (χ3n) is 4.57. The Morgan fingerprint density at radius 2 is 1.94 bits per heavy atom. The normalized spacial score (nSPS) is 15.6. The van der Waals surface area contributed by atoms with Crippen LogP contribution < -0.4 is 16.2 Å². The van der Waals surface area contributed by atoms with E-state index >= 15 is 0 Å². The maximum atomic E-state index is 14.5. The molecule has 2 aromatic rings. The van der Waals surface area contributed by atoms with Crippen molar-refractivity contribution in [2.45, 2.75) is 19.4 Å². The van der Waals surface area contributed by atoms with Crippen LogP contribution in [0.25, 0.3) is 0 Å². The SMILES string of the molecule is COCCC1=C(C(=O)NNC(C)=O)C(c2ccc(F)c(Cl)c2)N=C(c2ncc(F)cc2F)N1. The summed E-state index contributed by atoms with van der Waals surface area (Å²) < 4.78 is 46.7. The Balaban J connectivity index is 2.16. The van der Waals surface area contributed by atoms with Gasteiger partial charge in [0.1, 0.15) is 23.4 Å². The summed E-state index contributed by atoms with van der Waals surface area (Å²) in [5.41, 5.74) is 4.81. The number of hydrogen-bond acceptors (Lipinski definition) is 6. The van der Waals surface area contributed by atoms with Crippen LogP contribution >= 0.6 is 11.6 Å². The lowest BCUT2D eigenvalue weighted by Crippen LogP contribution is -2.44. The molecule has 3 N–H and O–H groups in total. The van der Waals surface area contributed by atoms with Crippen LogP contribution in [-0.2, 0) is 14.3 Å². The molecular formula is C21H19ClF3N5O3. The molecule has 33 heavy (non-hydrogen) atoms. The van der Waals surface area contributed by atoms with E-state index in [4.69, 9.17) is 16.3 Å². The highest BCUT2D eigenvalue weighted by Crippen LogP contribution is 2.34. The summed E-state index contributed by atoms with van der Waals surface area (Å²) in [5.74, 6) is -3.86. The molecule has 174 valence electrons. The first kappa shape index (κ1) is 24.2. The molecule has 1 unspecified atom stereocenters. The van der Waals surface area contributed by atoms with Gasteiger partial charge in [0.25, 0.3) is 5.91 Å². The van der Waals surface area contributed by atoms with E-state index in [1.54, 1.807) is 0 Å². The van der Waals surface area contributed by atoms with Crippen molar-refractivity contribution >= 4 is 29.3 Å². The lowest BCUT2D eigenvalue weighted by molar-refractivity contribution is -0.126. The summed E-state index contributed by atoms with van der Waals surface area (Å²) in [5, 5.41) is 2.64. The van der Waals surface area contributed by atoms with E-state index in [-0.39, 0.29) is 40.9 Å². The van der Waals surface area contributed by atoms with Crippen LogP contribution in [0.2, 0.25) is 5.02 Å². The van der Waals surface area contributed by atoms with Gasteiger partial charge in [0, 0.05) is 32.2 Å². The van der Waals surface area contributed by atoms with Crippen molar-refractivity contribution in [3.63, 3.8) is 0 Å². The number of hydrogen-bond donors (Lipinski definition) is 3. The molecule has 0 bridgehead atoms. The number of hydrazine groups is 1. The fourth-order valence-electron chi connectivity index (χ4n) is 3.11. The van der Waals surface area contributed by atoms with Gasteiger partial charge in [-0.15, -0.1) is 0 Å². The van der Waals surface area contributed by atoms with Crippen LogP contribution in [0.4, 0.5) is 13.2 Å². The third kappa shape index (κ3) is 5.68. The molecule has 1 aliphatic heterocycles. The standard InChI is InChI=1S/C21H19ClF3N5O3/c1-10(31)29-30-21(32)17-16(5-6-33-2)27-20(19-15(25)8-12(23)9-26-19)28-18(17)11-3-4-14(24)13(22)7-11/h3-4,7-9,18H,5-6H2,1-2H3,(H,27,28)(H,29,31)(H,30,32). The minimum Gasteiger partial charge on any atom is -0.384 e. The predicted molar refractivity (Wildman–Crippen MR) is 113 cm³/mol. The molecule has 3 rings (SSSR count). The molecule has 0 fully saturated rings. The first-order valence-electron chi connectivity index (χ1n) is 9.61. The van der Waals surface area contributed by atoms with Gasteiger partial charge in [-0.3, -0.25) is 25.4 Å². The number of aliphatic imine (C=N–C) groups is 1. The monoisotopic (exact) mass is 481 g/mol. The van der Waals surface area contributed by atoms with E-state index in [1.807, 2.05) is 0 Å². The molecule has 0 aliphatic carbocycles. The molecule has 1 aromatic carbocycles. The van der Waals surface area contributed by atoms with Gasteiger partial charge in [0.2, 0.25) is 5.91 Å². The number of ether oxygens (including phenoxy) is 1. The Labute approximate surface area is 191 Å². The van der Waals surface area contributed by atoms with E-state index in [0.29, 0.717) is 11.6 Å². The molecule has 2 heterocycles. The summed E-state index contributed by atoms with van der Waals surface area (Å²) >= 11 is 5.93. The van der Waals surface area contributed by atoms with Gasteiger partial charge in [-0.2, -0.15) is 0 Å². The van der Waals surface area contributed by atoms with Crippen molar-refractivity contribution in [3.8, 4) is 0 Å². The van der Waals surface area contributed by atoms with Crippen molar-refractivity contribution in [3.05, 3.63) is 75.5 Å². The average Bonchev–Trinajstić information content (AvgIpc) is 2.77. The Morgan fingerprint density at radius 1 is 1.18 bits per heavy atom. The van der Waals surface area contributed by atoms with Gasteiger partial charge in [-0.25, -0.2) is 18.2 Å². The summed E-state index contributed by atoms with van der Waals surface area (Å²) in [4.78, 5) is 32.4. The van der Waals surface area contributed by atoms with Crippen molar-refractivity contribution < 1.29 is 27.5 Å². The number of benzene rings is 1. The first-order chi connectivity index (χ1) is 15.7. The van der Waals surface area contributed by atoms with E-state index in [9.17, 15) is 22.8 Å². The Kier molecular flexibility index (Phi) is 7.67. The fraction of sp³-hybridized carbons (Fsp3) is 0.238. The maximum Gasteiger partial charge on any atom is 0.269 e. The van der Waals surface area contributed by atoms with Crippen LogP contribution in [0.1, 0.15) is 30.6 Å². The number of pyridine rings is 1. The number of halogens is 4. The van der Waals surface area contributed by atoms with Gasteiger partial charge in [-0.1, -0.05) is 17.7 Å². The van der Waals surface area contributed by atoms with Gasteiger partial charge >= 0.3 is 0 Å². The van der Waals surface area contributed by atoms with Gasteiger partial charge in [0.15, 0.2) is 11.7 Å². The molecular weight excluding hydrogens is 463 g/mol. The molecule has 0 saturated carbocycles. The smallest absolute Gasteiger partial charge is 0.269 e. The van der Waals surface area contributed by atoms with E-state index in [2.05, 4.69) is 26.1 Å².